The van der Waals surface area contributed by atoms with Crippen molar-refractivity contribution in [1.29, 1.82) is 0 Å². The summed E-state index contributed by atoms with van der Waals surface area (Å²) in [5.41, 5.74) is 1.28. The van der Waals surface area contributed by atoms with Crippen LogP contribution in [0.1, 0.15) is 25.3 Å². The molecule has 0 saturated heterocycles. The Morgan fingerprint density at radius 2 is 1.65 bits per heavy atom. The summed E-state index contributed by atoms with van der Waals surface area (Å²) in [4.78, 5) is 2.35. The number of ether oxygens (including phenoxy) is 1. The minimum Gasteiger partial charge on any atom is -0.494 e. The molecule has 0 heterocycles. The van der Waals surface area contributed by atoms with Gasteiger partial charge >= 0.3 is 0 Å². The Kier molecular flexibility index (Phi) is 7.64. The normalized spacial score (nSPS) is 12.3. The van der Waals surface area contributed by atoms with Crippen molar-refractivity contribution >= 4 is 0 Å². The lowest BCUT2D eigenvalue weighted by Crippen LogP contribution is -2.39. The van der Waals surface area contributed by atoms with Gasteiger partial charge in [0.2, 0.25) is 0 Å². The average molecular weight is 313 g/mol. The summed E-state index contributed by atoms with van der Waals surface area (Å²) in [5.74, 6) is 0.884. The molecular formula is C20H27NO2. The monoisotopic (exact) mass is 313 g/mol. The first-order valence-electron chi connectivity index (χ1n) is 8.40. The molecule has 1 unspecified atom stereocenters. The lowest BCUT2D eigenvalue weighted by Gasteiger charge is -2.30. The smallest absolute Gasteiger partial charge is 0.119 e. The molecule has 1 atom stereocenters. The Hall–Kier alpha value is -1.84. The fraction of sp³-hybridized carbons (Fsp3) is 0.400. The van der Waals surface area contributed by atoms with E-state index in [1.54, 1.807) is 0 Å². The lowest BCUT2D eigenvalue weighted by atomic mass is 10.1. The van der Waals surface area contributed by atoms with Gasteiger partial charge in [0.05, 0.1) is 13.2 Å². The average Bonchev–Trinajstić information content (AvgIpc) is 2.60. The van der Waals surface area contributed by atoms with Crippen LogP contribution in [-0.2, 0) is 6.54 Å². The molecule has 0 amide bonds. The van der Waals surface area contributed by atoms with Crippen LogP contribution in [-0.4, -0.2) is 35.8 Å². The molecule has 2 rings (SSSR count). The molecule has 124 valence electrons. The van der Waals surface area contributed by atoms with Gasteiger partial charge in [-0.15, -0.1) is 0 Å². The predicted molar refractivity (Wildman–Crippen MR) is 94.6 cm³/mol. The Morgan fingerprint density at radius 1 is 1.00 bits per heavy atom. The van der Waals surface area contributed by atoms with Crippen molar-refractivity contribution in [3.63, 3.8) is 0 Å². The zero-order valence-corrected chi connectivity index (χ0v) is 13.9. The van der Waals surface area contributed by atoms with Crippen molar-refractivity contribution < 1.29 is 9.84 Å². The van der Waals surface area contributed by atoms with Gasteiger partial charge in [-0.05, 0) is 37.1 Å². The summed E-state index contributed by atoms with van der Waals surface area (Å²) in [5, 5.41) is 9.80. The van der Waals surface area contributed by atoms with Crippen LogP contribution in [0.5, 0.6) is 5.75 Å². The highest BCUT2D eigenvalue weighted by Crippen LogP contribution is 2.14. The first kappa shape index (κ1) is 17.5. The summed E-state index contributed by atoms with van der Waals surface area (Å²) in [6.45, 7) is 4.79. The number of hydrogen-bond acceptors (Lipinski definition) is 3. The molecule has 0 aliphatic rings. The maximum absolute atomic E-state index is 9.80. The van der Waals surface area contributed by atoms with Crippen molar-refractivity contribution in [3.8, 4) is 5.75 Å². The molecular weight excluding hydrogens is 286 g/mol. The maximum Gasteiger partial charge on any atom is 0.119 e. The van der Waals surface area contributed by atoms with Gasteiger partial charge in [0.1, 0.15) is 5.75 Å². The van der Waals surface area contributed by atoms with E-state index in [1.165, 1.54) is 5.56 Å². The van der Waals surface area contributed by atoms with Gasteiger partial charge in [0.25, 0.3) is 0 Å². The molecule has 23 heavy (non-hydrogen) atoms. The zero-order valence-electron chi connectivity index (χ0n) is 13.9. The first-order chi connectivity index (χ1) is 11.3. The highest BCUT2D eigenvalue weighted by atomic mass is 16.5. The SMILES string of the molecule is CCCN(Cc1ccccc1)C(CO)CCOc1ccccc1. The molecule has 1 N–H and O–H groups in total. The standard InChI is InChI=1S/C20H27NO2/c1-2-14-21(16-18-9-5-3-6-10-18)19(17-22)13-15-23-20-11-7-4-8-12-20/h3-12,19,22H,2,13-17H2,1H3. The summed E-state index contributed by atoms with van der Waals surface area (Å²) in [6.07, 6.45) is 1.89. The third kappa shape index (κ3) is 6.05. The van der Waals surface area contributed by atoms with E-state index in [2.05, 4.69) is 36.1 Å². The minimum atomic E-state index is 0.124. The number of aliphatic hydroxyl groups excluding tert-OH is 1. The van der Waals surface area contributed by atoms with Gasteiger partial charge in [-0.25, -0.2) is 0 Å². The number of benzene rings is 2. The van der Waals surface area contributed by atoms with Gasteiger partial charge in [-0.3, -0.25) is 4.90 Å². The molecule has 0 radical (unpaired) electrons. The number of para-hydroxylation sites is 1. The topological polar surface area (TPSA) is 32.7 Å². The predicted octanol–water partition coefficient (Wildman–Crippen LogP) is 3.73. The second-order valence-electron chi connectivity index (χ2n) is 5.74. The van der Waals surface area contributed by atoms with Crippen LogP contribution in [0.25, 0.3) is 0 Å². The first-order valence-corrected chi connectivity index (χ1v) is 8.40. The van der Waals surface area contributed by atoms with Gasteiger partial charge in [0, 0.05) is 12.6 Å². The largest absolute Gasteiger partial charge is 0.494 e. The van der Waals surface area contributed by atoms with E-state index in [1.807, 2.05) is 36.4 Å². The van der Waals surface area contributed by atoms with Crippen molar-refractivity contribution in [2.75, 3.05) is 19.8 Å². The van der Waals surface area contributed by atoms with Crippen LogP contribution in [0.4, 0.5) is 0 Å². The molecule has 2 aromatic rings. The number of nitrogens with zero attached hydrogens (tertiary/aromatic N) is 1. The third-order valence-electron chi connectivity index (χ3n) is 3.93. The molecule has 3 heteroatoms. The number of hydrogen-bond donors (Lipinski definition) is 1. The van der Waals surface area contributed by atoms with E-state index in [-0.39, 0.29) is 12.6 Å². The van der Waals surface area contributed by atoms with Crippen molar-refractivity contribution in [2.24, 2.45) is 0 Å². The molecule has 0 spiro atoms. The molecule has 0 aliphatic carbocycles. The van der Waals surface area contributed by atoms with Crippen LogP contribution in [0, 0.1) is 0 Å². The quantitative estimate of drug-likeness (QED) is 0.725. The highest BCUT2D eigenvalue weighted by Gasteiger charge is 2.17. The Bertz CT molecular complexity index is 530. The summed E-state index contributed by atoms with van der Waals surface area (Å²) in [7, 11) is 0. The molecule has 0 saturated carbocycles. The minimum absolute atomic E-state index is 0.124. The van der Waals surface area contributed by atoms with Crippen molar-refractivity contribution in [3.05, 3.63) is 66.2 Å². The highest BCUT2D eigenvalue weighted by molar-refractivity contribution is 5.20. The van der Waals surface area contributed by atoms with E-state index >= 15 is 0 Å². The fourth-order valence-electron chi connectivity index (χ4n) is 2.71. The Balaban J connectivity index is 1.89. The van der Waals surface area contributed by atoms with Crippen molar-refractivity contribution in [1.82, 2.24) is 4.90 Å². The molecule has 0 bridgehead atoms. The number of aliphatic hydroxyl groups is 1. The molecule has 3 nitrogen and oxygen atoms in total. The van der Waals surface area contributed by atoms with Crippen LogP contribution in [0.2, 0.25) is 0 Å². The molecule has 2 aromatic carbocycles. The Morgan fingerprint density at radius 3 is 2.26 bits per heavy atom. The van der Waals surface area contributed by atoms with Crippen molar-refractivity contribution in [2.45, 2.75) is 32.4 Å². The second-order valence-corrected chi connectivity index (χ2v) is 5.74. The maximum atomic E-state index is 9.80. The van der Waals surface area contributed by atoms with Gasteiger partial charge < -0.3 is 9.84 Å². The van der Waals surface area contributed by atoms with E-state index in [4.69, 9.17) is 4.74 Å². The zero-order chi connectivity index (χ0) is 16.3. The van der Waals surface area contributed by atoms with E-state index < -0.39 is 0 Å². The van der Waals surface area contributed by atoms with E-state index in [0.717, 1.165) is 31.7 Å². The van der Waals surface area contributed by atoms with Gasteiger partial charge in [-0.2, -0.15) is 0 Å². The second kappa shape index (κ2) is 10.0. The van der Waals surface area contributed by atoms with Gasteiger partial charge in [0.15, 0.2) is 0 Å². The van der Waals surface area contributed by atoms with E-state index in [9.17, 15) is 5.11 Å². The molecule has 0 aromatic heterocycles. The van der Waals surface area contributed by atoms with Crippen LogP contribution in [0.15, 0.2) is 60.7 Å². The number of rotatable bonds is 10. The lowest BCUT2D eigenvalue weighted by molar-refractivity contribution is 0.0969. The summed E-state index contributed by atoms with van der Waals surface area (Å²) < 4.78 is 5.78. The summed E-state index contributed by atoms with van der Waals surface area (Å²) in [6, 6.07) is 20.4. The molecule has 0 fully saturated rings. The molecule has 0 aliphatic heterocycles. The Labute approximate surface area is 139 Å². The van der Waals surface area contributed by atoms with Crippen LogP contribution in [0.3, 0.4) is 0 Å². The fourth-order valence-corrected chi connectivity index (χ4v) is 2.71. The van der Waals surface area contributed by atoms with Crippen LogP contribution < -0.4 is 4.74 Å². The van der Waals surface area contributed by atoms with Gasteiger partial charge in [-0.1, -0.05) is 55.5 Å². The summed E-state index contributed by atoms with van der Waals surface area (Å²) >= 11 is 0. The van der Waals surface area contributed by atoms with E-state index in [0.29, 0.717) is 6.61 Å². The van der Waals surface area contributed by atoms with Crippen LogP contribution >= 0.6 is 0 Å². The third-order valence-corrected chi connectivity index (χ3v) is 3.93.